The van der Waals surface area contributed by atoms with Crippen molar-refractivity contribution in [2.75, 3.05) is 13.2 Å². The monoisotopic (exact) mass is 454 g/mol. The Morgan fingerprint density at radius 1 is 0.750 bits per heavy atom. The normalized spacial score (nSPS) is 9.72. The van der Waals surface area contributed by atoms with Gasteiger partial charge in [0.2, 0.25) is 0 Å². The van der Waals surface area contributed by atoms with E-state index < -0.39 is 8.60 Å². The molecule has 0 amide bonds. The molecule has 4 aromatic rings. The molecule has 0 aliphatic carbocycles. The first kappa shape index (κ1) is 27.2. The zero-order valence-corrected chi connectivity index (χ0v) is 19.4. The van der Waals surface area contributed by atoms with Crippen molar-refractivity contribution in [3.05, 3.63) is 92.0 Å². The van der Waals surface area contributed by atoms with Gasteiger partial charge in [0.05, 0.1) is 13.2 Å². The van der Waals surface area contributed by atoms with Crippen LogP contribution in [0.15, 0.2) is 92.0 Å². The lowest BCUT2D eigenvalue weighted by molar-refractivity contribution is 0.186. The van der Waals surface area contributed by atoms with Crippen LogP contribution in [0.25, 0.3) is 32.3 Å². The minimum absolute atomic E-state index is 0.125. The minimum Gasteiger partial charge on any atom is -0.426 e. The maximum absolute atomic E-state index is 9.21. The SMILES string of the molecule is C=CC.C=CC.OCCO.OP(O)Oc1cccc2ccc3cc4ccccc4cc3c12. The summed E-state index contributed by atoms with van der Waals surface area (Å²) in [5.41, 5.74) is 0. The molecule has 0 heterocycles. The third-order valence-corrected chi connectivity index (χ3v) is 4.33. The van der Waals surface area contributed by atoms with Crippen LogP contribution in [0.5, 0.6) is 5.75 Å². The van der Waals surface area contributed by atoms with Crippen molar-refractivity contribution >= 4 is 40.9 Å². The summed E-state index contributed by atoms with van der Waals surface area (Å²) in [6.07, 6.45) is 3.50. The molecule has 0 fully saturated rings. The first-order valence-corrected chi connectivity index (χ1v) is 11.2. The number of allylic oxidation sites excluding steroid dienone is 2. The largest absolute Gasteiger partial charge is 0.426 e. The number of aliphatic hydroxyl groups is 2. The molecule has 0 spiro atoms. The quantitative estimate of drug-likeness (QED) is 0.130. The Morgan fingerprint density at radius 3 is 1.78 bits per heavy atom. The highest BCUT2D eigenvalue weighted by Gasteiger charge is 2.11. The molecule has 32 heavy (non-hydrogen) atoms. The molecule has 4 aromatic carbocycles. The van der Waals surface area contributed by atoms with Gasteiger partial charge in [-0.05, 0) is 59.0 Å². The number of hydrogen-bond acceptors (Lipinski definition) is 5. The molecule has 4 rings (SSSR count). The second-order valence-electron chi connectivity index (χ2n) is 6.45. The summed E-state index contributed by atoms with van der Waals surface area (Å²) in [4.78, 5) is 18.4. The van der Waals surface area contributed by atoms with Crippen LogP contribution in [0.4, 0.5) is 0 Å². The van der Waals surface area contributed by atoms with E-state index in [0.717, 1.165) is 26.9 Å². The van der Waals surface area contributed by atoms with Gasteiger partial charge in [-0.15, -0.1) is 13.2 Å². The van der Waals surface area contributed by atoms with Crippen molar-refractivity contribution in [3.8, 4) is 5.75 Å². The predicted octanol–water partition coefficient (Wildman–Crippen LogP) is 6.09. The zero-order valence-electron chi connectivity index (χ0n) is 18.5. The van der Waals surface area contributed by atoms with Gasteiger partial charge in [-0.3, -0.25) is 0 Å². The summed E-state index contributed by atoms with van der Waals surface area (Å²) >= 11 is 0. The Labute approximate surface area is 190 Å². The van der Waals surface area contributed by atoms with Crippen LogP contribution in [-0.2, 0) is 0 Å². The lowest BCUT2D eigenvalue weighted by Gasteiger charge is -2.12. The molecule has 0 aromatic heterocycles. The summed E-state index contributed by atoms with van der Waals surface area (Å²) in [5.74, 6) is 0.495. The van der Waals surface area contributed by atoms with Gasteiger partial charge in [-0.25, -0.2) is 0 Å². The van der Waals surface area contributed by atoms with Crippen LogP contribution >= 0.6 is 8.60 Å². The van der Waals surface area contributed by atoms with Crippen LogP contribution in [0.1, 0.15) is 13.8 Å². The van der Waals surface area contributed by atoms with Gasteiger partial charge in [-0.2, -0.15) is 0 Å². The first-order chi connectivity index (χ1) is 15.5. The van der Waals surface area contributed by atoms with Crippen LogP contribution < -0.4 is 4.52 Å². The van der Waals surface area contributed by atoms with Crippen LogP contribution in [-0.4, -0.2) is 33.2 Å². The molecule has 170 valence electrons. The summed E-state index contributed by atoms with van der Waals surface area (Å²) in [6, 6.07) is 22.2. The zero-order chi connectivity index (χ0) is 23.9. The Hall–Kier alpha value is -2.79. The highest BCUT2D eigenvalue weighted by Crippen LogP contribution is 2.39. The van der Waals surface area contributed by atoms with E-state index in [9.17, 15) is 9.79 Å². The standard InChI is InChI=1S/C18H13O3P.2C3H6.C2H6O2/c19-22(20)21-17-7-3-6-12-8-9-15-10-13-4-1-2-5-14(13)11-16(15)18(12)17;2*1-3-2;3-1-2-4/h1-11,19-20H;2*3H,1H2,2H3;3-4H,1-2H2. The molecule has 0 unspecified atom stereocenters. The van der Waals surface area contributed by atoms with Gasteiger partial charge in [0.15, 0.2) is 0 Å². The van der Waals surface area contributed by atoms with E-state index in [0.29, 0.717) is 5.75 Å². The van der Waals surface area contributed by atoms with E-state index in [-0.39, 0.29) is 13.2 Å². The van der Waals surface area contributed by atoms with Crippen LogP contribution in [0, 0.1) is 0 Å². The fourth-order valence-electron chi connectivity index (χ4n) is 2.93. The molecule has 5 nitrogen and oxygen atoms in total. The van der Waals surface area contributed by atoms with Gasteiger partial charge in [0.1, 0.15) is 5.75 Å². The molecule has 6 heteroatoms. The smallest absolute Gasteiger partial charge is 0.391 e. The van der Waals surface area contributed by atoms with Crippen molar-refractivity contribution < 1.29 is 24.5 Å². The molecule has 0 atom stereocenters. The van der Waals surface area contributed by atoms with Crippen molar-refractivity contribution in [1.29, 1.82) is 0 Å². The van der Waals surface area contributed by atoms with Crippen LogP contribution in [0.3, 0.4) is 0 Å². The number of rotatable bonds is 3. The Bertz CT molecular complexity index is 1120. The van der Waals surface area contributed by atoms with E-state index in [4.69, 9.17) is 14.7 Å². The number of hydrogen-bond donors (Lipinski definition) is 4. The minimum atomic E-state index is -2.44. The molecular formula is C26H31O5P. The van der Waals surface area contributed by atoms with Crippen LogP contribution in [0.2, 0.25) is 0 Å². The molecule has 0 radical (unpaired) electrons. The van der Waals surface area contributed by atoms with Gasteiger partial charge in [0.25, 0.3) is 0 Å². The maximum atomic E-state index is 9.21. The number of fused-ring (bicyclic) bond motifs is 4. The predicted molar refractivity (Wildman–Crippen MR) is 137 cm³/mol. The highest BCUT2D eigenvalue weighted by atomic mass is 31.2. The lowest BCUT2D eigenvalue weighted by atomic mass is 9.98. The van der Waals surface area contributed by atoms with E-state index in [2.05, 4.69) is 43.5 Å². The van der Waals surface area contributed by atoms with Crippen molar-refractivity contribution in [2.45, 2.75) is 13.8 Å². The van der Waals surface area contributed by atoms with Gasteiger partial charge in [0, 0.05) is 5.39 Å². The average molecular weight is 455 g/mol. The fourth-order valence-corrected chi connectivity index (χ4v) is 3.26. The molecule has 0 saturated heterocycles. The summed E-state index contributed by atoms with van der Waals surface area (Å²) < 4.78 is 5.22. The van der Waals surface area contributed by atoms with Gasteiger partial charge >= 0.3 is 8.60 Å². The first-order valence-electron chi connectivity index (χ1n) is 10.0. The second kappa shape index (κ2) is 15.1. The van der Waals surface area contributed by atoms with E-state index in [1.54, 1.807) is 18.2 Å². The average Bonchev–Trinajstić information content (AvgIpc) is 2.78. The van der Waals surface area contributed by atoms with E-state index >= 15 is 0 Å². The second-order valence-corrected chi connectivity index (χ2v) is 7.14. The molecular weight excluding hydrogens is 423 g/mol. The lowest BCUT2D eigenvalue weighted by Crippen LogP contribution is -1.88. The third kappa shape index (κ3) is 8.04. The molecule has 4 N–H and O–H groups in total. The number of aliphatic hydroxyl groups excluding tert-OH is 2. The topological polar surface area (TPSA) is 90.2 Å². The molecule has 0 saturated carbocycles. The van der Waals surface area contributed by atoms with Gasteiger partial charge < -0.3 is 24.5 Å². The van der Waals surface area contributed by atoms with Crippen molar-refractivity contribution in [1.82, 2.24) is 0 Å². The van der Waals surface area contributed by atoms with E-state index in [1.165, 1.54) is 5.39 Å². The highest BCUT2D eigenvalue weighted by molar-refractivity contribution is 7.39. The molecule has 0 aliphatic heterocycles. The number of benzene rings is 4. The van der Waals surface area contributed by atoms with Gasteiger partial charge in [-0.1, -0.05) is 60.7 Å². The molecule has 0 aliphatic rings. The Morgan fingerprint density at radius 2 is 1.25 bits per heavy atom. The molecule has 0 bridgehead atoms. The van der Waals surface area contributed by atoms with Crippen molar-refractivity contribution in [2.24, 2.45) is 0 Å². The summed E-state index contributed by atoms with van der Waals surface area (Å²) in [5, 5.41) is 21.6. The fraction of sp³-hybridized carbons (Fsp3) is 0.154. The Kier molecular flexibility index (Phi) is 12.8. The Balaban J connectivity index is 0.000000439. The summed E-state index contributed by atoms with van der Waals surface area (Å²) in [6.45, 7) is 10.2. The third-order valence-electron chi connectivity index (χ3n) is 3.97. The summed E-state index contributed by atoms with van der Waals surface area (Å²) in [7, 11) is -2.44. The maximum Gasteiger partial charge on any atom is 0.391 e. The van der Waals surface area contributed by atoms with Crippen molar-refractivity contribution in [3.63, 3.8) is 0 Å². The van der Waals surface area contributed by atoms with E-state index in [1.807, 2.05) is 44.2 Å².